The molecule has 1 heterocycles. The molecule has 0 N–H and O–H groups in total. The summed E-state index contributed by atoms with van der Waals surface area (Å²) in [5.74, 6) is 2.18. The Balaban J connectivity index is 0.000000184. The molecule has 3 aromatic rings. The average molecular weight is 382 g/mol. The molecule has 0 aliphatic heterocycles. The van der Waals surface area contributed by atoms with E-state index in [1.165, 1.54) is 16.1 Å². The molecule has 22 heavy (non-hydrogen) atoms. The second-order valence-corrected chi connectivity index (χ2v) is 8.68. The van der Waals surface area contributed by atoms with Crippen LogP contribution >= 0.6 is 26.3 Å². The Labute approximate surface area is 148 Å². The van der Waals surface area contributed by atoms with E-state index < -0.39 is 24.7 Å². The fraction of sp³-hybridized carbons (Fsp3) is 0.0588. The predicted molar refractivity (Wildman–Crippen MR) is 94.7 cm³/mol. The van der Waals surface area contributed by atoms with Crippen molar-refractivity contribution in [3.63, 3.8) is 0 Å². The van der Waals surface area contributed by atoms with Gasteiger partial charge in [0.1, 0.15) is 0 Å². The zero-order valence-corrected chi connectivity index (χ0v) is 15.8. The van der Waals surface area contributed by atoms with Crippen LogP contribution in [0.5, 0.6) is 0 Å². The summed E-state index contributed by atoms with van der Waals surface area (Å²) in [6, 6.07) is 15.0. The molecule has 0 saturated carbocycles. The number of hydrogen-bond donors (Lipinski definition) is 0. The van der Waals surface area contributed by atoms with E-state index in [1.54, 1.807) is 0 Å². The molecule has 1 aliphatic carbocycles. The number of allylic oxidation sites excluding steroid dienone is 4. The van der Waals surface area contributed by atoms with Crippen molar-refractivity contribution >= 4 is 37.1 Å². The first kappa shape index (κ1) is 17.7. The first-order valence-electron chi connectivity index (χ1n) is 6.68. The number of hydrogen-bond acceptors (Lipinski definition) is 1. The van der Waals surface area contributed by atoms with Crippen LogP contribution < -0.4 is 0 Å². The third-order valence-electron chi connectivity index (χ3n) is 2.96. The summed E-state index contributed by atoms with van der Waals surface area (Å²) in [5, 5.41) is 3.99. The maximum absolute atomic E-state index is 4.89. The van der Waals surface area contributed by atoms with Crippen molar-refractivity contribution in [1.29, 1.82) is 0 Å². The predicted octanol–water partition coefficient (Wildman–Crippen LogP) is 6.61. The largest absolute Gasteiger partial charge is 0.243 e. The number of rotatable bonds is 1. The number of halogens is 2. The summed E-state index contributed by atoms with van der Waals surface area (Å²) in [6.45, 7) is 0. The van der Waals surface area contributed by atoms with Gasteiger partial charge < -0.3 is 0 Å². The number of aromatic nitrogens is 1. The van der Waals surface area contributed by atoms with Crippen LogP contribution in [0.3, 0.4) is 0 Å². The molecule has 1 atom stereocenters. The van der Waals surface area contributed by atoms with Crippen molar-refractivity contribution in [3.05, 3.63) is 78.8 Å². The van der Waals surface area contributed by atoms with Gasteiger partial charge in [0.15, 0.2) is 0 Å². The summed E-state index contributed by atoms with van der Waals surface area (Å²) in [6.07, 6.45) is 11.9. The molecule has 112 valence electrons. The third-order valence-corrected chi connectivity index (χ3v) is 4.58. The van der Waals surface area contributed by atoms with E-state index >= 15 is 0 Å². The molecular weight excluding hydrogens is 368 g/mol. The van der Waals surface area contributed by atoms with E-state index in [0.717, 1.165) is 6.42 Å². The summed E-state index contributed by atoms with van der Waals surface area (Å²) >= 11 is -0.556. The molecule has 1 aromatic heterocycles. The van der Waals surface area contributed by atoms with Crippen molar-refractivity contribution in [1.82, 2.24) is 4.75 Å². The summed E-state index contributed by atoms with van der Waals surface area (Å²) in [5.41, 5.74) is 0. The van der Waals surface area contributed by atoms with E-state index in [0.29, 0.717) is 0 Å². The zero-order valence-electron chi connectivity index (χ0n) is 11.8. The molecule has 1 aliphatic rings. The van der Waals surface area contributed by atoms with E-state index in [9.17, 15) is 0 Å². The van der Waals surface area contributed by atoms with E-state index in [-0.39, 0.29) is 0 Å². The Kier molecular flexibility index (Phi) is 8.16. The quantitative estimate of drug-likeness (QED) is 0.341. The Hall–Kier alpha value is -0.686. The van der Waals surface area contributed by atoms with Crippen molar-refractivity contribution in [3.8, 4) is 5.30 Å². The molecule has 1 nitrogen and oxygen atoms in total. The molecule has 5 heteroatoms. The molecule has 0 saturated heterocycles. The van der Waals surface area contributed by atoms with Crippen LogP contribution in [-0.2, 0) is 17.0 Å². The van der Waals surface area contributed by atoms with Crippen LogP contribution in [-0.4, -0.2) is 4.75 Å². The summed E-state index contributed by atoms with van der Waals surface area (Å²) < 4.78 is 4.43. The van der Waals surface area contributed by atoms with Gasteiger partial charge in [0, 0.05) is 6.20 Å². The van der Waals surface area contributed by atoms with Gasteiger partial charge in [-0.25, -0.2) is 16.9 Å². The molecule has 0 amide bonds. The molecule has 2 aromatic carbocycles. The fourth-order valence-corrected chi connectivity index (χ4v) is 3.41. The van der Waals surface area contributed by atoms with Gasteiger partial charge in [0.25, 0.3) is 0 Å². The summed E-state index contributed by atoms with van der Waals surface area (Å²) in [7, 11) is 9.38. The van der Waals surface area contributed by atoms with E-state index in [2.05, 4.69) is 59.1 Å². The first-order chi connectivity index (χ1) is 10.8. The van der Waals surface area contributed by atoms with Crippen LogP contribution in [0, 0.1) is 6.08 Å². The zero-order chi connectivity index (χ0) is 15.6. The Morgan fingerprint density at radius 1 is 1.23 bits per heavy atom. The minimum atomic E-state index is -0.556. The van der Waals surface area contributed by atoms with Gasteiger partial charge in [-0.2, -0.15) is 12.1 Å². The van der Waals surface area contributed by atoms with Gasteiger partial charge >= 0.3 is 35.6 Å². The van der Waals surface area contributed by atoms with Gasteiger partial charge in [-0.15, -0.1) is 41.5 Å². The van der Waals surface area contributed by atoms with Crippen LogP contribution in [0.2, 0.25) is 0 Å². The van der Waals surface area contributed by atoms with Crippen molar-refractivity contribution in [2.75, 3.05) is 0 Å². The molecular formula is C17H14Cl2NPTi-2. The molecule has 0 spiro atoms. The molecule has 0 fully saturated rings. The Morgan fingerprint density at radius 3 is 2.59 bits per heavy atom. The number of fused-ring (bicyclic) bond motifs is 1. The Bertz CT molecular complexity index is 689. The van der Waals surface area contributed by atoms with Crippen molar-refractivity contribution in [2.45, 2.75) is 6.42 Å². The molecule has 0 bridgehead atoms. The van der Waals surface area contributed by atoms with Gasteiger partial charge in [-0.1, -0.05) is 11.4 Å². The van der Waals surface area contributed by atoms with Crippen LogP contribution in [0.4, 0.5) is 0 Å². The minimum absolute atomic E-state index is 0.398. The maximum Gasteiger partial charge on any atom is 0.0316 e. The van der Waals surface area contributed by atoms with E-state index in [1.807, 2.05) is 24.4 Å². The normalized spacial score (nSPS) is 12.4. The van der Waals surface area contributed by atoms with Gasteiger partial charge in [0.2, 0.25) is 0 Å². The Morgan fingerprint density at radius 2 is 2.05 bits per heavy atom. The second-order valence-electron chi connectivity index (χ2n) is 4.37. The average Bonchev–Trinajstić information content (AvgIpc) is 3.29. The van der Waals surface area contributed by atoms with Crippen LogP contribution in [0.15, 0.2) is 72.7 Å². The maximum atomic E-state index is 4.89. The monoisotopic (exact) mass is 381 g/mol. The molecule has 4 rings (SSSR count). The third kappa shape index (κ3) is 5.50. The van der Waals surface area contributed by atoms with Gasteiger partial charge in [-0.05, 0) is 19.6 Å². The fourth-order valence-electron chi connectivity index (χ4n) is 2.03. The minimum Gasteiger partial charge on any atom is -0.243 e. The van der Waals surface area contributed by atoms with Crippen LogP contribution in [0.25, 0.3) is 16.1 Å². The van der Waals surface area contributed by atoms with Gasteiger partial charge in [0.05, 0.1) is 0 Å². The number of nitrogens with zero attached hydrogens (tertiary/aromatic N) is 1. The van der Waals surface area contributed by atoms with Crippen molar-refractivity contribution < 1.29 is 17.0 Å². The smallest absolute Gasteiger partial charge is 0.0316 e. The van der Waals surface area contributed by atoms with Crippen molar-refractivity contribution in [2.24, 2.45) is 0 Å². The molecule has 1 unspecified atom stereocenters. The molecule has 0 radical (unpaired) electrons. The second kappa shape index (κ2) is 10.2. The summed E-state index contributed by atoms with van der Waals surface area (Å²) in [4.78, 5) is 0. The topological polar surface area (TPSA) is 12.9 Å². The van der Waals surface area contributed by atoms with E-state index in [4.69, 9.17) is 18.6 Å². The first-order valence-corrected chi connectivity index (χ1v) is 12.3. The van der Waals surface area contributed by atoms with Gasteiger partial charge in [-0.3, -0.25) is 6.08 Å². The SMILES string of the molecule is [C-]1=CC=CC1.[Cl][Ti][Cl].c1ccc2[cH-]c(-p3cccn3)cc2c1. The standard InChI is InChI=1S/C12H9NP.C5H5.2ClH.Ti/c1-2-5-11-9-12(8-10(11)4-1)14-7-3-6-13-14;1-2-4-5-3-1;;;/h1-9H;1-3H,4H2;2*1H;/q2*-1;;;+2/p-2. The number of benzene rings is 1. The van der Waals surface area contributed by atoms with Crippen LogP contribution in [0.1, 0.15) is 6.42 Å².